The van der Waals surface area contributed by atoms with Gasteiger partial charge in [-0.2, -0.15) is 0 Å². The summed E-state index contributed by atoms with van der Waals surface area (Å²) >= 11 is 0. The van der Waals surface area contributed by atoms with Gasteiger partial charge in [0, 0.05) is 6.42 Å². The Kier molecular flexibility index (Phi) is 39.5. The monoisotopic (exact) mass is 862 g/mol. The van der Waals surface area contributed by atoms with Gasteiger partial charge in [0.15, 0.2) is 6.29 Å². The lowest BCUT2D eigenvalue weighted by Crippen LogP contribution is -2.60. The molecule has 6 N–H and O–H groups in total. The Labute approximate surface area is 373 Å². The SMILES string of the molecule is CCCC/C=C\CCCCCCCC(=O)NC(COC1OC(CO)C(O)C(O)C1O)C(O)/C=C/CC/C=C/CC/C=C/CCCCCCCCCCCCCCCCCCC. The lowest BCUT2D eigenvalue weighted by molar-refractivity contribution is -0.302. The fraction of sp³-hybridized carbons (Fsp3) is 0.827. The van der Waals surface area contributed by atoms with Crippen LogP contribution in [0.3, 0.4) is 0 Å². The van der Waals surface area contributed by atoms with Crippen LogP contribution in [-0.4, -0.2) is 87.5 Å². The minimum Gasteiger partial charge on any atom is -0.394 e. The van der Waals surface area contributed by atoms with Crippen molar-refractivity contribution in [3.63, 3.8) is 0 Å². The van der Waals surface area contributed by atoms with Crippen LogP contribution in [-0.2, 0) is 14.3 Å². The smallest absolute Gasteiger partial charge is 0.220 e. The van der Waals surface area contributed by atoms with Gasteiger partial charge in [-0.1, -0.05) is 197 Å². The number of aliphatic hydroxyl groups is 5. The molecule has 1 aliphatic heterocycles. The van der Waals surface area contributed by atoms with Crippen molar-refractivity contribution in [1.82, 2.24) is 5.32 Å². The van der Waals surface area contributed by atoms with Crippen molar-refractivity contribution in [2.45, 2.75) is 262 Å². The highest BCUT2D eigenvalue weighted by molar-refractivity contribution is 5.76. The molecule has 61 heavy (non-hydrogen) atoms. The minimum absolute atomic E-state index is 0.203. The van der Waals surface area contributed by atoms with Crippen LogP contribution in [0.2, 0.25) is 0 Å². The van der Waals surface area contributed by atoms with Gasteiger partial charge in [0.05, 0.1) is 25.4 Å². The van der Waals surface area contributed by atoms with Gasteiger partial charge in [0.1, 0.15) is 24.4 Å². The molecule has 1 fully saturated rings. The second-order valence-corrected chi connectivity index (χ2v) is 17.6. The van der Waals surface area contributed by atoms with E-state index in [9.17, 15) is 30.3 Å². The summed E-state index contributed by atoms with van der Waals surface area (Å²) in [6.45, 7) is 3.71. The minimum atomic E-state index is -1.58. The van der Waals surface area contributed by atoms with E-state index >= 15 is 0 Å². The summed E-state index contributed by atoms with van der Waals surface area (Å²) in [6, 6.07) is -0.831. The summed E-state index contributed by atoms with van der Waals surface area (Å²) in [6.07, 6.45) is 47.6. The summed E-state index contributed by atoms with van der Waals surface area (Å²) in [5.41, 5.74) is 0. The van der Waals surface area contributed by atoms with Crippen LogP contribution in [0.15, 0.2) is 48.6 Å². The third kappa shape index (κ3) is 32.5. The number of unbranched alkanes of at least 4 members (excludes halogenated alkanes) is 26. The highest BCUT2D eigenvalue weighted by atomic mass is 16.7. The van der Waals surface area contributed by atoms with E-state index in [1.165, 1.54) is 128 Å². The van der Waals surface area contributed by atoms with E-state index in [1.807, 2.05) is 6.08 Å². The van der Waals surface area contributed by atoms with E-state index < -0.39 is 49.5 Å². The predicted molar refractivity (Wildman–Crippen MR) is 253 cm³/mol. The number of nitrogens with one attached hydrogen (secondary N) is 1. The molecule has 9 nitrogen and oxygen atoms in total. The van der Waals surface area contributed by atoms with Gasteiger partial charge in [-0.3, -0.25) is 4.79 Å². The first-order valence-electron chi connectivity index (χ1n) is 25.4. The molecule has 1 aliphatic rings. The van der Waals surface area contributed by atoms with Crippen molar-refractivity contribution in [2.75, 3.05) is 13.2 Å². The van der Waals surface area contributed by atoms with Crippen molar-refractivity contribution in [3.05, 3.63) is 48.6 Å². The molecule has 0 aromatic carbocycles. The number of aliphatic hydroxyl groups excluding tert-OH is 5. The van der Waals surface area contributed by atoms with Gasteiger partial charge < -0.3 is 40.3 Å². The maximum atomic E-state index is 12.9. The van der Waals surface area contributed by atoms with Crippen molar-refractivity contribution in [3.8, 4) is 0 Å². The van der Waals surface area contributed by atoms with Crippen LogP contribution in [0.4, 0.5) is 0 Å². The number of hydrogen-bond acceptors (Lipinski definition) is 8. The van der Waals surface area contributed by atoms with Gasteiger partial charge in [-0.25, -0.2) is 0 Å². The number of allylic oxidation sites excluding steroid dienone is 7. The van der Waals surface area contributed by atoms with E-state index in [0.717, 1.165) is 70.6 Å². The maximum Gasteiger partial charge on any atom is 0.220 e. The number of hydrogen-bond donors (Lipinski definition) is 6. The van der Waals surface area contributed by atoms with E-state index in [1.54, 1.807) is 6.08 Å². The van der Waals surface area contributed by atoms with Gasteiger partial charge in [0.2, 0.25) is 5.91 Å². The third-order valence-electron chi connectivity index (χ3n) is 11.9. The molecule has 1 heterocycles. The fourth-order valence-electron chi connectivity index (χ4n) is 7.76. The first-order valence-corrected chi connectivity index (χ1v) is 25.4. The van der Waals surface area contributed by atoms with Gasteiger partial charge in [-0.15, -0.1) is 0 Å². The third-order valence-corrected chi connectivity index (χ3v) is 11.9. The Morgan fingerprint density at radius 3 is 1.43 bits per heavy atom. The largest absolute Gasteiger partial charge is 0.394 e. The first-order chi connectivity index (χ1) is 29.8. The zero-order valence-electron chi connectivity index (χ0n) is 39.2. The molecule has 1 amide bonds. The zero-order valence-corrected chi connectivity index (χ0v) is 39.2. The number of carbonyl (C=O) groups excluding carboxylic acids is 1. The average molecular weight is 862 g/mol. The van der Waals surface area contributed by atoms with Crippen molar-refractivity contribution >= 4 is 5.91 Å². The Morgan fingerprint density at radius 2 is 0.951 bits per heavy atom. The van der Waals surface area contributed by atoms with Crippen molar-refractivity contribution in [2.24, 2.45) is 0 Å². The molecule has 1 saturated heterocycles. The lowest BCUT2D eigenvalue weighted by atomic mass is 9.99. The van der Waals surface area contributed by atoms with Crippen LogP contribution in [0, 0.1) is 0 Å². The average Bonchev–Trinajstić information content (AvgIpc) is 3.26. The Morgan fingerprint density at radius 1 is 0.541 bits per heavy atom. The highest BCUT2D eigenvalue weighted by Gasteiger charge is 2.44. The number of rotatable bonds is 42. The summed E-state index contributed by atoms with van der Waals surface area (Å²) in [5.74, 6) is -0.203. The molecular formula is C52H95NO8. The van der Waals surface area contributed by atoms with Crippen LogP contribution in [0.5, 0.6) is 0 Å². The predicted octanol–water partition coefficient (Wildman–Crippen LogP) is 11.4. The highest BCUT2D eigenvalue weighted by Crippen LogP contribution is 2.23. The number of amides is 1. The fourth-order valence-corrected chi connectivity index (χ4v) is 7.76. The summed E-state index contributed by atoms with van der Waals surface area (Å²) in [7, 11) is 0. The number of ether oxygens (including phenoxy) is 2. The van der Waals surface area contributed by atoms with Crippen LogP contribution in [0.25, 0.3) is 0 Å². The van der Waals surface area contributed by atoms with Crippen molar-refractivity contribution in [1.29, 1.82) is 0 Å². The van der Waals surface area contributed by atoms with E-state index in [4.69, 9.17) is 9.47 Å². The molecule has 0 aliphatic carbocycles. The quantitative estimate of drug-likeness (QED) is 0.0262. The van der Waals surface area contributed by atoms with Crippen LogP contribution in [0.1, 0.15) is 219 Å². The van der Waals surface area contributed by atoms with Crippen LogP contribution >= 0.6 is 0 Å². The molecule has 1 rings (SSSR count). The molecule has 0 radical (unpaired) electrons. The summed E-state index contributed by atoms with van der Waals surface area (Å²) in [4.78, 5) is 12.9. The molecule has 0 bridgehead atoms. The lowest BCUT2D eigenvalue weighted by Gasteiger charge is -2.40. The molecule has 7 unspecified atom stereocenters. The second kappa shape index (κ2) is 42.1. The Balaban J connectivity index is 2.27. The second-order valence-electron chi connectivity index (χ2n) is 17.6. The molecule has 356 valence electrons. The van der Waals surface area contributed by atoms with Crippen LogP contribution < -0.4 is 5.32 Å². The molecule has 7 atom stereocenters. The Hall–Kier alpha value is -1.85. The molecule has 0 spiro atoms. The van der Waals surface area contributed by atoms with Gasteiger partial charge >= 0.3 is 0 Å². The molecule has 0 aromatic rings. The molecule has 0 aromatic heterocycles. The van der Waals surface area contributed by atoms with E-state index in [2.05, 4.69) is 55.6 Å². The molecular weight excluding hydrogens is 767 g/mol. The van der Waals surface area contributed by atoms with E-state index in [0.29, 0.717) is 6.42 Å². The Bertz CT molecular complexity index is 1090. The standard InChI is InChI=1S/C52H95NO8/c1-3-5-7-9-11-13-15-16-17-18-19-20-21-22-23-24-25-26-27-28-29-30-32-33-35-37-39-41-46(55)45(44-60-52-51(59)50(58)49(57)47(43-54)61-52)53-48(56)42-40-38-36-34-31-14-12-10-8-6-4-2/h10,12,27-28,32-33,39,41,45-47,49-52,54-55,57-59H,3-9,11,13-26,29-31,34-38,40,42-44H2,1-2H3,(H,53,56)/b12-10-,28-27+,33-32+,41-39+. The zero-order chi connectivity index (χ0) is 44.4. The summed E-state index contributed by atoms with van der Waals surface area (Å²) in [5, 5.41) is 54.2. The van der Waals surface area contributed by atoms with Gasteiger partial charge in [0.25, 0.3) is 0 Å². The van der Waals surface area contributed by atoms with Gasteiger partial charge in [-0.05, 0) is 64.2 Å². The topological polar surface area (TPSA) is 149 Å². The van der Waals surface area contributed by atoms with E-state index in [-0.39, 0.29) is 12.5 Å². The first kappa shape index (κ1) is 57.2. The maximum absolute atomic E-state index is 12.9. The summed E-state index contributed by atoms with van der Waals surface area (Å²) < 4.78 is 11.2. The normalized spacial score (nSPS) is 20.8. The number of carbonyl (C=O) groups is 1. The van der Waals surface area contributed by atoms with Crippen molar-refractivity contribution < 1.29 is 39.8 Å². The molecule has 0 saturated carbocycles. The molecule has 9 heteroatoms.